The third-order valence-corrected chi connectivity index (χ3v) is 3.67. The van der Waals surface area contributed by atoms with Gasteiger partial charge in [-0.2, -0.15) is 0 Å². The summed E-state index contributed by atoms with van der Waals surface area (Å²) in [6.45, 7) is 1.59. The number of benzene rings is 1. The van der Waals surface area contributed by atoms with E-state index in [9.17, 15) is 9.59 Å². The van der Waals surface area contributed by atoms with Crippen LogP contribution in [0, 0.1) is 6.92 Å². The molecule has 2 aromatic rings. The van der Waals surface area contributed by atoms with E-state index in [-0.39, 0.29) is 6.61 Å². The lowest BCUT2D eigenvalue weighted by atomic mass is 10.2. The van der Waals surface area contributed by atoms with Gasteiger partial charge in [0.05, 0.1) is 0 Å². The van der Waals surface area contributed by atoms with Crippen LogP contribution in [0.3, 0.4) is 0 Å². The lowest BCUT2D eigenvalue weighted by molar-refractivity contribution is -0.128. The van der Waals surface area contributed by atoms with E-state index in [1.54, 1.807) is 30.3 Å². The number of hydrazine groups is 1. The normalized spacial score (nSPS) is 10.6. The number of furan rings is 1. The summed E-state index contributed by atoms with van der Waals surface area (Å²) in [5, 5.41) is 0.620. The van der Waals surface area contributed by atoms with Crippen LogP contribution < -0.4 is 15.6 Å². The summed E-state index contributed by atoms with van der Waals surface area (Å²) >= 11 is 9.06. The molecule has 2 rings (SSSR count). The van der Waals surface area contributed by atoms with Crippen LogP contribution >= 0.6 is 27.5 Å². The number of ether oxygens (including phenoxy) is 1. The van der Waals surface area contributed by atoms with Crippen LogP contribution in [0.4, 0.5) is 0 Å². The number of carbonyl (C=O) groups is 2. The third kappa shape index (κ3) is 5.75. The van der Waals surface area contributed by atoms with Gasteiger partial charge in [0.2, 0.25) is 0 Å². The number of carbonyl (C=O) groups excluding carboxylic acids is 2. The molecule has 0 aliphatic rings. The van der Waals surface area contributed by atoms with Gasteiger partial charge < -0.3 is 9.15 Å². The summed E-state index contributed by atoms with van der Waals surface area (Å²) in [4.78, 5) is 23.2. The van der Waals surface area contributed by atoms with Gasteiger partial charge in [0.15, 0.2) is 11.3 Å². The molecule has 1 aromatic heterocycles. The summed E-state index contributed by atoms with van der Waals surface area (Å²) in [6.07, 6.45) is 2.70. The molecule has 2 N–H and O–H groups in total. The summed E-state index contributed by atoms with van der Waals surface area (Å²) in [7, 11) is 0. The van der Waals surface area contributed by atoms with E-state index in [2.05, 4.69) is 26.8 Å². The van der Waals surface area contributed by atoms with Gasteiger partial charge in [0.25, 0.3) is 11.8 Å². The lowest BCUT2D eigenvalue weighted by Crippen LogP contribution is -2.43. The second-order valence-electron chi connectivity index (χ2n) is 4.71. The molecule has 1 aromatic carbocycles. The van der Waals surface area contributed by atoms with Crippen molar-refractivity contribution in [2.75, 3.05) is 6.61 Å². The van der Waals surface area contributed by atoms with Gasteiger partial charge in [-0.05, 0) is 64.8 Å². The smallest absolute Gasteiger partial charge is 0.276 e. The van der Waals surface area contributed by atoms with Crippen molar-refractivity contribution in [1.29, 1.82) is 0 Å². The number of hydrogen-bond acceptors (Lipinski definition) is 4. The molecule has 6 nitrogen and oxygen atoms in total. The van der Waals surface area contributed by atoms with Crippen molar-refractivity contribution in [3.05, 3.63) is 57.4 Å². The average Bonchev–Trinajstić information content (AvgIpc) is 2.97. The Morgan fingerprint density at radius 2 is 2.08 bits per heavy atom. The molecule has 0 saturated heterocycles. The van der Waals surface area contributed by atoms with E-state index < -0.39 is 11.8 Å². The van der Waals surface area contributed by atoms with Crippen LogP contribution in [0.5, 0.6) is 5.75 Å². The quantitative estimate of drug-likeness (QED) is 0.582. The number of aryl methyl sites for hydroxylation is 1. The molecular weight excluding hydrogens is 400 g/mol. The summed E-state index contributed by atoms with van der Waals surface area (Å²) < 4.78 is 11.1. The molecule has 0 radical (unpaired) electrons. The Morgan fingerprint density at radius 3 is 2.75 bits per heavy atom. The van der Waals surface area contributed by atoms with Gasteiger partial charge in [-0.3, -0.25) is 20.4 Å². The Bertz CT molecular complexity index is 773. The minimum atomic E-state index is -0.502. The highest BCUT2D eigenvalue weighted by atomic mass is 79.9. The second kappa shape index (κ2) is 8.56. The molecule has 126 valence electrons. The summed E-state index contributed by atoms with van der Waals surface area (Å²) in [6, 6.07) is 8.46. The molecule has 0 atom stereocenters. The van der Waals surface area contributed by atoms with E-state index in [0.29, 0.717) is 21.2 Å². The Morgan fingerprint density at radius 1 is 1.29 bits per heavy atom. The van der Waals surface area contributed by atoms with Crippen molar-refractivity contribution < 1.29 is 18.7 Å². The molecule has 1 heterocycles. The predicted molar refractivity (Wildman–Crippen MR) is 93.4 cm³/mol. The maximum Gasteiger partial charge on any atom is 0.276 e. The monoisotopic (exact) mass is 412 g/mol. The highest BCUT2D eigenvalue weighted by Gasteiger charge is 2.05. The largest absolute Gasteiger partial charge is 0.484 e. The van der Waals surface area contributed by atoms with Crippen molar-refractivity contribution in [1.82, 2.24) is 10.9 Å². The minimum Gasteiger partial charge on any atom is -0.484 e. The van der Waals surface area contributed by atoms with E-state index in [1.807, 2.05) is 6.92 Å². The molecule has 24 heavy (non-hydrogen) atoms. The van der Waals surface area contributed by atoms with Crippen molar-refractivity contribution in [3.63, 3.8) is 0 Å². The first-order chi connectivity index (χ1) is 11.4. The lowest BCUT2D eigenvalue weighted by Gasteiger charge is -2.08. The minimum absolute atomic E-state index is 0.240. The predicted octanol–water partition coefficient (Wildman–Crippen LogP) is 3.24. The van der Waals surface area contributed by atoms with E-state index in [0.717, 1.165) is 5.56 Å². The standard InChI is InChI=1S/C16H14BrClN2O4/c1-10-8-12(2-5-13(10)18)23-9-16(22)20-19-15(21)7-4-11-3-6-14(17)24-11/h2-8H,9H2,1H3,(H,19,21)(H,20,22)/b7-4+. The van der Waals surface area contributed by atoms with E-state index >= 15 is 0 Å². The van der Waals surface area contributed by atoms with Crippen molar-refractivity contribution >= 4 is 45.4 Å². The maximum atomic E-state index is 11.6. The Labute approximate surface area is 151 Å². The zero-order chi connectivity index (χ0) is 17.5. The summed E-state index contributed by atoms with van der Waals surface area (Å²) in [5.41, 5.74) is 5.32. The van der Waals surface area contributed by atoms with Gasteiger partial charge in [0.1, 0.15) is 11.5 Å². The van der Waals surface area contributed by atoms with Crippen molar-refractivity contribution in [2.45, 2.75) is 6.92 Å². The third-order valence-electron chi connectivity index (χ3n) is 2.82. The fourth-order valence-electron chi connectivity index (χ4n) is 1.64. The zero-order valence-corrected chi connectivity index (χ0v) is 15.0. The maximum absolute atomic E-state index is 11.6. The Hall–Kier alpha value is -2.25. The van der Waals surface area contributed by atoms with E-state index in [4.69, 9.17) is 20.8 Å². The average molecular weight is 414 g/mol. The Balaban J connectivity index is 1.73. The molecule has 2 amide bonds. The number of rotatable bonds is 5. The fraction of sp³-hybridized carbons (Fsp3) is 0.125. The molecular formula is C16H14BrClN2O4. The SMILES string of the molecule is Cc1cc(OCC(=O)NNC(=O)/C=C/c2ccc(Br)o2)ccc1Cl. The van der Waals surface area contributed by atoms with Crippen LogP contribution in [0.2, 0.25) is 5.02 Å². The number of hydrogen-bond donors (Lipinski definition) is 2. The van der Waals surface area contributed by atoms with Gasteiger partial charge >= 0.3 is 0 Å². The first kappa shape index (κ1) is 18.1. The number of halogens is 2. The van der Waals surface area contributed by atoms with Crippen LogP contribution in [0.15, 0.2) is 45.5 Å². The molecule has 0 fully saturated rings. The molecule has 0 spiro atoms. The van der Waals surface area contributed by atoms with E-state index in [1.165, 1.54) is 12.2 Å². The van der Waals surface area contributed by atoms with Crippen LogP contribution in [-0.2, 0) is 9.59 Å². The van der Waals surface area contributed by atoms with Crippen LogP contribution in [-0.4, -0.2) is 18.4 Å². The molecule has 0 aliphatic heterocycles. The van der Waals surface area contributed by atoms with Gasteiger partial charge in [0, 0.05) is 11.1 Å². The van der Waals surface area contributed by atoms with Gasteiger partial charge in [-0.15, -0.1) is 0 Å². The second-order valence-corrected chi connectivity index (χ2v) is 5.90. The molecule has 0 aliphatic carbocycles. The molecule has 0 bridgehead atoms. The first-order valence-corrected chi connectivity index (χ1v) is 8.02. The van der Waals surface area contributed by atoms with Crippen molar-refractivity contribution in [2.24, 2.45) is 0 Å². The van der Waals surface area contributed by atoms with Gasteiger partial charge in [-0.1, -0.05) is 11.6 Å². The van der Waals surface area contributed by atoms with Gasteiger partial charge in [-0.25, -0.2) is 0 Å². The summed E-state index contributed by atoms with van der Waals surface area (Å²) in [5.74, 6) is 0.0229. The zero-order valence-electron chi connectivity index (χ0n) is 12.6. The topological polar surface area (TPSA) is 80.6 Å². The number of nitrogens with one attached hydrogen (secondary N) is 2. The molecule has 8 heteroatoms. The Kier molecular flexibility index (Phi) is 6.45. The fourth-order valence-corrected chi connectivity index (χ4v) is 2.08. The highest BCUT2D eigenvalue weighted by Crippen LogP contribution is 2.20. The number of amides is 2. The van der Waals surface area contributed by atoms with Crippen molar-refractivity contribution in [3.8, 4) is 5.75 Å². The molecule has 0 unspecified atom stereocenters. The highest BCUT2D eigenvalue weighted by molar-refractivity contribution is 9.10. The van der Waals surface area contributed by atoms with Crippen LogP contribution in [0.1, 0.15) is 11.3 Å². The molecule has 0 saturated carbocycles. The van der Waals surface area contributed by atoms with Crippen LogP contribution in [0.25, 0.3) is 6.08 Å². The first-order valence-electron chi connectivity index (χ1n) is 6.85.